The highest BCUT2D eigenvalue weighted by Crippen LogP contribution is 2.45. The number of aromatic nitrogens is 2. The number of ether oxygens (including phenoxy) is 1. The second-order valence-electron chi connectivity index (χ2n) is 12.0. The van der Waals surface area contributed by atoms with Crippen molar-refractivity contribution in [1.82, 2.24) is 20.2 Å². The van der Waals surface area contributed by atoms with Gasteiger partial charge in [-0.2, -0.15) is 23.1 Å². The molecular formula is C29H28ClF6N5O2. The summed E-state index contributed by atoms with van der Waals surface area (Å²) < 4.78 is 93.2. The van der Waals surface area contributed by atoms with Crippen LogP contribution in [0.3, 0.4) is 0 Å². The third-order valence-electron chi connectivity index (χ3n) is 9.25. The number of nitrogens with one attached hydrogen (secondary N) is 1. The standard InChI is InChI=1S/C29H28ClF6N5O2/c30-20-8-22(42)17(6-19(20)29(34,35)36)23-21(32)7-18-25(24(23)33)38-27(39-26(18)40-11-15-2-3-16(12-40)37-15)43-13-28-4-1-5-41(28)10-14(31)9-28/h6-8,14-16,37,42H,1-5,9-13H2/t14-,15-,16+,28+/m1/s1. The number of halogens is 7. The molecule has 0 aliphatic carbocycles. The number of piperazine rings is 1. The van der Waals surface area contributed by atoms with E-state index in [1.165, 1.54) is 0 Å². The minimum atomic E-state index is -4.94. The van der Waals surface area contributed by atoms with Crippen molar-refractivity contribution in [2.24, 2.45) is 0 Å². The van der Waals surface area contributed by atoms with Crippen LogP contribution >= 0.6 is 11.6 Å². The fourth-order valence-electron chi connectivity index (χ4n) is 7.31. The van der Waals surface area contributed by atoms with E-state index in [4.69, 9.17) is 16.3 Å². The average molecular weight is 628 g/mol. The predicted molar refractivity (Wildman–Crippen MR) is 147 cm³/mol. The van der Waals surface area contributed by atoms with Crippen molar-refractivity contribution in [1.29, 1.82) is 0 Å². The van der Waals surface area contributed by atoms with Gasteiger partial charge in [0.05, 0.1) is 21.7 Å². The molecule has 4 atom stereocenters. The topological polar surface area (TPSA) is 73.8 Å². The lowest BCUT2D eigenvalue weighted by atomic mass is 9.95. The van der Waals surface area contributed by atoms with E-state index in [9.17, 15) is 22.7 Å². The molecule has 0 saturated carbocycles. The SMILES string of the molecule is Oc1cc(Cl)c(C(F)(F)F)cc1-c1c(F)cc2c(N3C[C@H]4CC[C@@H](C3)N4)nc(OC[C@@]34CCCN3C[C@H](F)C4)nc2c1F. The van der Waals surface area contributed by atoms with Gasteiger partial charge in [0.2, 0.25) is 0 Å². The molecule has 230 valence electrons. The largest absolute Gasteiger partial charge is 0.507 e. The monoisotopic (exact) mass is 627 g/mol. The van der Waals surface area contributed by atoms with E-state index < -0.39 is 57.0 Å². The van der Waals surface area contributed by atoms with Crippen LogP contribution in [0.25, 0.3) is 22.0 Å². The number of nitrogens with zero attached hydrogens (tertiary/aromatic N) is 4. The van der Waals surface area contributed by atoms with E-state index >= 15 is 8.78 Å². The van der Waals surface area contributed by atoms with E-state index in [0.29, 0.717) is 31.8 Å². The molecule has 4 saturated heterocycles. The number of aromatic hydroxyl groups is 1. The molecule has 7 rings (SSSR count). The molecule has 4 aliphatic heterocycles. The Morgan fingerprint density at radius 1 is 1.09 bits per heavy atom. The molecule has 3 aromatic rings. The first-order valence-corrected chi connectivity index (χ1v) is 14.6. The summed E-state index contributed by atoms with van der Waals surface area (Å²) in [5.74, 6) is -3.08. The number of alkyl halides is 4. The quantitative estimate of drug-likeness (QED) is 0.344. The molecule has 0 unspecified atom stereocenters. The molecule has 0 radical (unpaired) electrons. The fourth-order valence-corrected chi connectivity index (χ4v) is 7.58. The van der Waals surface area contributed by atoms with Gasteiger partial charge in [0.15, 0.2) is 5.82 Å². The Bertz CT molecular complexity index is 1600. The second-order valence-corrected chi connectivity index (χ2v) is 12.4. The summed E-state index contributed by atoms with van der Waals surface area (Å²) in [6.07, 6.45) is -2.18. The summed E-state index contributed by atoms with van der Waals surface area (Å²) >= 11 is 5.70. The first kappa shape index (κ1) is 28.7. The Hall–Kier alpha value is -3.03. The van der Waals surface area contributed by atoms with Gasteiger partial charge in [0.25, 0.3) is 0 Å². The van der Waals surface area contributed by atoms with Crippen molar-refractivity contribution in [3.63, 3.8) is 0 Å². The van der Waals surface area contributed by atoms with Crippen molar-refractivity contribution in [3.05, 3.63) is 40.4 Å². The van der Waals surface area contributed by atoms with Crippen molar-refractivity contribution >= 4 is 28.3 Å². The highest BCUT2D eigenvalue weighted by molar-refractivity contribution is 6.31. The zero-order valence-electron chi connectivity index (χ0n) is 22.8. The lowest BCUT2D eigenvalue weighted by molar-refractivity contribution is -0.137. The molecule has 4 fully saturated rings. The molecule has 2 bridgehead atoms. The van der Waals surface area contributed by atoms with Crippen LogP contribution in [0.4, 0.5) is 32.2 Å². The van der Waals surface area contributed by atoms with Crippen LogP contribution in [0.1, 0.15) is 37.7 Å². The molecule has 0 amide bonds. The molecule has 5 heterocycles. The fraction of sp³-hybridized carbons (Fsp3) is 0.517. The van der Waals surface area contributed by atoms with Gasteiger partial charge in [-0.05, 0) is 50.4 Å². The van der Waals surface area contributed by atoms with E-state index in [1.807, 2.05) is 9.80 Å². The number of benzene rings is 2. The Balaban J connectivity index is 1.36. The molecule has 0 spiro atoms. The Morgan fingerprint density at radius 2 is 1.84 bits per heavy atom. The normalized spacial score (nSPS) is 27.3. The minimum Gasteiger partial charge on any atom is -0.507 e. The van der Waals surface area contributed by atoms with Crippen LogP contribution in [0.5, 0.6) is 11.8 Å². The van der Waals surface area contributed by atoms with E-state index in [-0.39, 0.29) is 47.8 Å². The number of hydrogen-bond acceptors (Lipinski definition) is 7. The lowest BCUT2D eigenvalue weighted by Crippen LogP contribution is -2.51. The highest BCUT2D eigenvalue weighted by atomic mass is 35.5. The Kier molecular flexibility index (Phi) is 6.86. The summed E-state index contributed by atoms with van der Waals surface area (Å²) in [4.78, 5) is 12.8. The molecule has 2 N–H and O–H groups in total. The molecule has 14 heteroatoms. The predicted octanol–water partition coefficient (Wildman–Crippen LogP) is 5.85. The smallest absolute Gasteiger partial charge is 0.417 e. The molecule has 43 heavy (non-hydrogen) atoms. The van der Waals surface area contributed by atoms with E-state index in [1.54, 1.807) is 0 Å². The first-order valence-electron chi connectivity index (χ1n) is 14.2. The number of hydrogen-bond donors (Lipinski definition) is 2. The van der Waals surface area contributed by atoms with Gasteiger partial charge in [0.1, 0.15) is 35.7 Å². The highest BCUT2D eigenvalue weighted by Gasteiger charge is 2.49. The van der Waals surface area contributed by atoms with Gasteiger partial charge in [-0.3, -0.25) is 4.90 Å². The average Bonchev–Trinajstić information content (AvgIpc) is 3.58. The zero-order chi connectivity index (χ0) is 30.3. The summed E-state index contributed by atoms with van der Waals surface area (Å²) in [5, 5.41) is 13.1. The van der Waals surface area contributed by atoms with Gasteiger partial charge in [-0.1, -0.05) is 11.6 Å². The summed E-state index contributed by atoms with van der Waals surface area (Å²) in [7, 11) is 0. The van der Waals surface area contributed by atoms with Crippen LogP contribution < -0.4 is 15.0 Å². The van der Waals surface area contributed by atoms with Gasteiger partial charge >= 0.3 is 12.2 Å². The van der Waals surface area contributed by atoms with Crippen LogP contribution in [-0.4, -0.2) is 76.6 Å². The second kappa shape index (κ2) is 10.3. The number of phenols is 1. The molecular weight excluding hydrogens is 600 g/mol. The number of rotatable bonds is 5. The third-order valence-corrected chi connectivity index (χ3v) is 9.56. The Morgan fingerprint density at radius 3 is 2.56 bits per heavy atom. The van der Waals surface area contributed by atoms with Gasteiger partial charge in [0, 0.05) is 49.1 Å². The zero-order valence-corrected chi connectivity index (χ0v) is 23.6. The van der Waals surface area contributed by atoms with Gasteiger partial charge in [-0.25, -0.2) is 13.2 Å². The maximum absolute atomic E-state index is 16.3. The third kappa shape index (κ3) is 4.93. The van der Waals surface area contributed by atoms with Crippen molar-refractivity contribution in [3.8, 4) is 22.9 Å². The lowest BCUT2D eigenvalue weighted by Gasteiger charge is -2.34. The van der Waals surface area contributed by atoms with Gasteiger partial charge in [-0.15, -0.1) is 0 Å². The van der Waals surface area contributed by atoms with Crippen molar-refractivity contribution in [2.45, 2.75) is 62.1 Å². The molecule has 1 aromatic heterocycles. The van der Waals surface area contributed by atoms with Crippen LogP contribution in [0, 0.1) is 11.6 Å². The molecule has 2 aromatic carbocycles. The van der Waals surface area contributed by atoms with Crippen molar-refractivity contribution in [2.75, 3.05) is 37.7 Å². The number of phenolic OH excluding ortho intramolecular Hbond substituents is 1. The van der Waals surface area contributed by atoms with E-state index in [0.717, 1.165) is 38.3 Å². The summed E-state index contributed by atoms with van der Waals surface area (Å²) in [6, 6.07) is 2.09. The number of anilines is 1. The molecule has 7 nitrogen and oxygen atoms in total. The number of fused-ring (bicyclic) bond motifs is 4. The maximum Gasteiger partial charge on any atom is 0.417 e. The minimum absolute atomic E-state index is 0.0160. The summed E-state index contributed by atoms with van der Waals surface area (Å²) in [6.45, 7) is 2.13. The van der Waals surface area contributed by atoms with E-state index in [2.05, 4.69) is 15.3 Å². The van der Waals surface area contributed by atoms with Gasteiger partial charge < -0.3 is 20.1 Å². The maximum atomic E-state index is 16.3. The first-order chi connectivity index (χ1) is 20.4. The van der Waals surface area contributed by atoms with Crippen LogP contribution in [0.15, 0.2) is 18.2 Å². The molecule has 4 aliphatic rings. The summed E-state index contributed by atoms with van der Waals surface area (Å²) in [5.41, 5.74) is -3.88. The van der Waals surface area contributed by atoms with Crippen LogP contribution in [-0.2, 0) is 6.18 Å². The van der Waals surface area contributed by atoms with Crippen molar-refractivity contribution < 1.29 is 36.2 Å². The Labute approximate surface area is 247 Å². The van der Waals surface area contributed by atoms with Crippen LogP contribution in [0.2, 0.25) is 5.02 Å².